The Balaban J connectivity index is 1.95. The molecule has 1 aromatic rings. The minimum absolute atomic E-state index is 0.0625. The average molecular weight is 290 g/mol. The molecule has 1 N–H and O–H groups in total. The summed E-state index contributed by atoms with van der Waals surface area (Å²) in [4.78, 5) is 0. The lowest BCUT2D eigenvalue weighted by molar-refractivity contribution is -0.137. The number of aliphatic hydroxyl groups is 1. The molecule has 1 saturated heterocycles. The molecule has 0 radical (unpaired) electrons. The number of aliphatic hydroxyl groups excluding tert-OH is 1. The summed E-state index contributed by atoms with van der Waals surface area (Å²) in [7, 11) is 0. The summed E-state index contributed by atoms with van der Waals surface area (Å²) in [5.41, 5.74) is -0.736. The van der Waals surface area contributed by atoms with Crippen molar-refractivity contribution in [2.75, 3.05) is 26.4 Å². The van der Waals surface area contributed by atoms with E-state index in [4.69, 9.17) is 9.47 Å². The molecule has 0 amide bonds. The summed E-state index contributed by atoms with van der Waals surface area (Å²) < 4.78 is 48.3. The quantitative estimate of drug-likeness (QED) is 0.906. The molecule has 0 saturated carbocycles. The minimum atomic E-state index is -4.38. The fraction of sp³-hybridized carbons (Fsp3) is 0.571. The topological polar surface area (TPSA) is 38.7 Å². The first-order chi connectivity index (χ1) is 9.50. The number of halogens is 3. The zero-order chi connectivity index (χ0) is 14.6. The van der Waals surface area contributed by atoms with Crippen LogP contribution in [0.4, 0.5) is 13.2 Å². The van der Waals surface area contributed by atoms with Gasteiger partial charge in [0, 0.05) is 25.7 Å². The molecule has 2 rings (SSSR count). The number of hydrogen-bond acceptors (Lipinski definition) is 3. The van der Waals surface area contributed by atoms with Gasteiger partial charge in [-0.1, -0.05) is 6.07 Å². The highest BCUT2D eigenvalue weighted by atomic mass is 19.4. The van der Waals surface area contributed by atoms with Crippen molar-refractivity contribution in [2.45, 2.75) is 12.6 Å². The zero-order valence-electron chi connectivity index (χ0n) is 10.9. The molecule has 2 atom stereocenters. The van der Waals surface area contributed by atoms with Gasteiger partial charge in [-0.05, 0) is 30.5 Å². The van der Waals surface area contributed by atoms with E-state index in [2.05, 4.69) is 0 Å². The first-order valence-electron chi connectivity index (χ1n) is 6.49. The Labute approximate surface area is 115 Å². The summed E-state index contributed by atoms with van der Waals surface area (Å²) in [6.45, 7) is 1.35. The lowest BCUT2D eigenvalue weighted by Crippen LogP contribution is -2.25. The third kappa shape index (κ3) is 3.86. The molecule has 0 aromatic heterocycles. The molecular weight excluding hydrogens is 273 g/mol. The van der Waals surface area contributed by atoms with Gasteiger partial charge < -0.3 is 14.6 Å². The van der Waals surface area contributed by atoms with E-state index in [1.54, 1.807) is 0 Å². The molecule has 3 nitrogen and oxygen atoms in total. The molecule has 1 fully saturated rings. The third-order valence-corrected chi connectivity index (χ3v) is 3.49. The molecule has 0 bridgehead atoms. The van der Waals surface area contributed by atoms with Crippen LogP contribution in [0.5, 0.6) is 5.75 Å². The number of hydrogen-bond donors (Lipinski definition) is 1. The molecule has 1 aliphatic heterocycles. The molecule has 1 heterocycles. The first kappa shape index (κ1) is 15.1. The van der Waals surface area contributed by atoms with Crippen LogP contribution in [0.25, 0.3) is 0 Å². The molecule has 112 valence electrons. The zero-order valence-corrected chi connectivity index (χ0v) is 10.9. The Bertz CT molecular complexity index is 428. The van der Waals surface area contributed by atoms with Crippen molar-refractivity contribution in [3.63, 3.8) is 0 Å². The van der Waals surface area contributed by atoms with Crippen molar-refractivity contribution in [3.8, 4) is 5.75 Å². The van der Waals surface area contributed by atoms with Crippen molar-refractivity contribution in [1.29, 1.82) is 0 Å². The van der Waals surface area contributed by atoms with Crippen LogP contribution in [0.2, 0.25) is 0 Å². The van der Waals surface area contributed by atoms with Crippen LogP contribution in [0, 0.1) is 11.8 Å². The van der Waals surface area contributed by atoms with E-state index in [0.717, 1.165) is 18.6 Å². The van der Waals surface area contributed by atoms with Crippen LogP contribution < -0.4 is 4.74 Å². The number of alkyl halides is 3. The fourth-order valence-electron chi connectivity index (χ4n) is 2.23. The van der Waals surface area contributed by atoms with E-state index in [-0.39, 0.29) is 30.8 Å². The van der Waals surface area contributed by atoms with E-state index in [1.165, 1.54) is 12.1 Å². The highest BCUT2D eigenvalue weighted by Gasteiger charge is 2.31. The van der Waals surface area contributed by atoms with Gasteiger partial charge in [-0.3, -0.25) is 0 Å². The van der Waals surface area contributed by atoms with Crippen molar-refractivity contribution < 1.29 is 27.8 Å². The van der Waals surface area contributed by atoms with Crippen LogP contribution in [0.15, 0.2) is 24.3 Å². The smallest absolute Gasteiger partial charge is 0.416 e. The summed E-state index contributed by atoms with van der Waals surface area (Å²) in [5.74, 6) is 0.245. The average Bonchev–Trinajstić information content (AvgIpc) is 2.93. The SMILES string of the molecule is OCC(COc1cccc(C(F)(F)F)c1)C1CCOC1. The van der Waals surface area contributed by atoms with Gasteiger partial charge in [-0.2, -0.15) is 13.2 Å². The second-order valence-corrected chi connectivity index (χ2v) is 4.90. The number of ether oxygens (including phenoxy) is 2. The second kappa shape index (κ2) is 6.45. The Hall–Kier alpha value is -1.27. The van der Waals surface area contributed by atoms with E-state index >= 15 is 0 Å². The largest absolute Gasteiger partial charge is 0.493 e. The molecule has 2 unspecified atom stereocenters. The van der Waals surface area contributed by atoms with E-state index in [1.807, 2.05) is 0 Å². The maximum absolute atomic E-state index is 12.6. The Morgan fingerprint density at radius 2 is 2.20 bits per heavy atom. The van der Waals surface area contributed by atoms with Gasteiger partial charge in [0.25, 0.3) is 0 Å². The van der Waals surface area contributed by atoms with Crippen molar-refractivity contribution in [1.82, 2.24) is 0 Å². The van der Waals surface area contributed by atoms with Crippen LogP contribution in [-0.4, -0.2) is 31.5 Å². The fourth-order valence-corrected chi connectivity index (χ4v) is 2.23. The number of rotatable bonds is 5. The second-order valence-electron chi connectivity index (χ2n) is 4.90. The molecule has 20 heavy (non-hydrogen) atoms. The van der Waals surface area contributed by atoms with Crippen LogP contribution in [-0.2, 0) is 10.9 Å². The lowest BCUT2D eigenvalue weighted by Gasteiger charge is -2.20. The van der Waals surface area contributed by atoms with Gasteiger partial charge >= 0.3 is 6.18 Å². The first-order valence-corrected chi connectivity index (χ1v) is 6.49. The Morgan fingerprint density at radius 3 is 2.80 bits per heavy atom. The Morgan fingerprint density at radius 1 is 1.40 bits per heavy atom. The molecule has 1 aliphatic rings. The van der Waals surface area contributed by atoms with E-state index in [0.29, 0.717) is 13.2 Å². The summed E-state index contributed by atoms with van der Waals surface area (Å²) in [6.07, 6.45) is -3.54. The highest BCUT2D eigenvalue weighted by Crippen LogP contribution is 2.31. The molecular formula is C14H17F3O3. The van der Waals surface area contributed by atoms with Crippen molar-refractivity contribution >= 4 is 0 Å². The standard InChI is InChI=1S/C14H17F3O3/c15-14(16,17)12-2-1-3-13(6-12)20-9-11(7-18)10-4-5-19-8-10/h1-3,6,10-11,18H,4-5,7-9H2. The third-order valence-electron chi connectivity index (χ3n) is 3.49. The van der Waals surface area contributed by atoms with Gasteiger partial charge in [0.1, 0.15) is 5.75 Å². The van der Waals surface area contributed by atoms with Gasteiger partial charge in [0.15, 0.2) is 0 Å². The maximum atomic E-state index is 12.6. The van der Waals surface area contributed by atoms with E-state index < -0.39 is 11.7 Å². The van der Waals surface area contributed by atoms with Gasteiger partial charge in [0.05, 0.1) is 12.2 Å². The van der Waals surface area contributed by atoms with Gasteiger partial charge in [0.2, 0.25) is 0 Å². The predicted molar refractivity (Wildman–Crippen MR) is 66.4 cm³/mol. The minimum Gasteiger partial charge on any atom is -0.493 e. The highest BCUT2D eigenvalue weighted by molar-refractivity contribution is 5.30. The monoisotopic (exact) mass is 290 g/mol. The summed E-state index contributed by atoms with van der Waals surface area (Å²) in [6, 6.07) is 4.76. The molecule has 1 aromatic carbocycles. The maximum Gasteiger partial charge on any atom is 0.416 e. The molecule has 0 aliphatic carbocycles. The van der Waals surface area contributed by atoms with Gasteiger partial charge in [-0.25, -0.2) is 0 Å². The Kier molecular flexibility index (Phi) is 4.88. The molecule has 0 spiro atoms. The normalized spacial score (nSPS) is 20.9. The molecule has 6 heteroatoms. The van der Waals surface area contributed by atoms with Gasteiger partial charge in [-0.15, -0.1) is 0 Å². The van der Waals surface area contributed by atoms with Crippen LogP contribution in [0.3, 0.4) is 0 Å². The lowest BCUT2D eigenvalue weighted by atomic mass is 9.93. The van der Waals surface area contributed by atoms with Crippen molar-refractivity contribution in [2.24, 2.45) is 11.8 Å². The van der Waals surface area contributed by atoms with E-state index in [9.17, 15) is 18.3 Å². The van der Waals surface area contributed by atoms with Crippen molar-refractivity contribution in [3.05, 3.63) is 29.8 Å². The summed E-state index contributed by atoms with van der Waals surface area (Å²) >= 11 is 0. The van der Waals surface area contributed by atoms with Crippen LogP contribution in [0.1, 0.15) is 12.0 Å². The van der Waals surface area contributed by atoms with Crippen LogP contribution >= 0.6 is 0 Å². The predicted octanol–water partition coefficient (Wildman–Crippen LogP) is 2.73. The summed E-state index contributed by atoms with van der Waals surface area (Å²) in [5, 5.41) is 9.33. The number of benzene rings is 1.